The Kier molecular flexibility index (Phi) is 6.78. The Bertz CT molecular complexity index is 1550. The quantitative estimate of drug-likeness (QED) is 0.273. The van der Waals surface area contributed by atoms with Crippen molar-refractivity contribution in [3.8, 4) is 34.5 Å². The molecule has 1 unspecified atom stereocenters. The van der Waals surface area contributed by atoms with Crippen LogP contribution in [0.4, 0.5) is 5.95 Å². The van der Waals surface area contributed by atoms with Crippen LogP contribution in [0.1, 0.15) is 18.4 Å². The zero-order chi connectivity index (χ0) is 25.7. The molecule has 38 heavy (non-hydrogen) atoms. The van der Waals surface area contributed by atoms with Gasteiger partial charge in [0.15, 0.2) is 0 Å². The van der Waals surface area contributed by atoms with Crippen molar-refractivity contribution in [2.24, 2.45) is 0 Å². The second-order valence-electron chi connectivity index (χ2n) is 9.24. The van der Waals surface area contributed by atoms with Gasteiger partial charge in [0.05, 0.1) is 11.3 Å². The topological polar surface area (TPSA) is 94.1 Å². The highest BCUT2D eigenvalue weighted by atomic mass is 16.5. The van der Waals surface area contributed by atoms with Crippen molar-refractivity contribution < 1.29 is 9.47 Å². The predicted molar refractivity (Wildman–Crippen MR) is 148 cm³/mol. The number of aromatic nitrogens is 4. The number of piperidine rings is 1. The highest BCUT2D eigenvalue weighted by Crippen LogP contribution is 2.40. The summed E-state index contributed by atoms with van der Waals surface area (Å²) in [4.78, 5) is 18.1. The molecule has 0 radical (unpaired) electrons. The van der Waals surface area contributed by atoms with Crippen LogP contribution in [0.5, 0.6) is 23.3 Å². The third kappa shape index (κ3) is 5.12. The second kappa shape index (κ2) is 10.8. The van der Waals surface area contributed by atoms with Crippen LogP contribution in [-0.4, -0.2) is 39.1 Å². The molecule has 2 N–H and O–H groups in total. The van der Waals surface area contributed by atoms with E-state index in [0.717, 1.165) is 59.3 Å². The van der Waals surface area contributed by atoms with Gasteiger partial charge in [-0.1, -0.05) is 30.3 Å². The van der Waals surface area contributed by atoms with Crippen molar-refractivity contribution in [1.29, 1.82) is 0 Å². The molecular formula is C30H28N6O2. The van der Waals surface area contributed by atoms with Crippen LogP contribution in [0.3, 0.4) is 0 Å². The number of aryl methyl sites for hydroxylation is 1. The summed E-state index contributed by atoms with van der Waals surface area (Å²) in [6, 6.07) is 21.6. The number of ether oxygens (including phenoxy) is 2. The molecule has 1 aliphatic heterocycles. The molecular weight excluding hydrogens is 476 g/mol. The average Bonchev–Trinajstić information content (AvgIpc) is 2.96. The van der Waals surface area contributed by atoms with E-state index in [1.807, 2.05) is 73.7 Å². The van der Waals surface area contributed by atoms with Crippen molar-refractivity contribution >= 4 is 16.7 Å². The van der Waals surface area contributed by atoms with E-state index < -0.39 is 0 Å². The lowest BCUT2D eigenvalue weighted by molar-refractivity contribution is 0.462. The first-order valence-corrected chi connectivity index (χ1v) is 12.8. The van der Waals surface area contributed by atoms with E-state index in [1.54, 1.807) is 18.6 Å². The zero-order valence-electron chi connectivity index (χ0n) is 21.1. The number of fused-ring (bicyclic) bond motifs is 1. The molecule has 8 nitrogen and oxygen atoms in total. The van der Waals surface area contributed by atoms with E-state index in [2.05, 4.69) is 25.6 Å². The van der Waals surface area contributed by atoms with Crippen LogP contribution in [0.25, 0.3) is 22.0 Å². The number of hydrogen-bond donors (Lipinski definition) is 2. The highest BCUT2D eigenvalue weighted by molar-refractivity contribution is 5.94. The maximum atomic E-state index is 6.53. The Hall–Kier alpha value is -4.56. The van der Waals surface area contributed by atoms with Crippen molar-refractivity contribution in [2.45, 2.75) is 25.8 Å². The Balaban J connectivity index is 1.33. The smallest absolute Gasteiger partial charge is 0.228 e. The molecule has 0 amide bonds. The maximum Gasteiger partial charge on any atom is 0.228 e. The van der Waals surface area contributed by atoms with Crippen LogP contribution in [0.2, 0.25) is 0 Å². The van der Waals surface area contributed by atoms with Crippen molar-refractivity contribution in [2.75, 3.05) is 18.4 Å². The Morgan fingerprint density at radius 2 is 1.79 bits per heavy atom. The summed E-state index contributed by atoms with van der Waals surface area (Å²) in [6.45, 7) is 3.98. The molecule has 8 heteroatoms. The average molecular weight is 505 g/mol. The van der Waals surface area contributed by atoms with E-state index in [0.29, 0.717) is 29.5 Å². The molecule has 2 aromatic carbocycles. The Labute approximate surface area is 221 Å². The van der Waals surface area contributed by atoms with Gasteiger partial charge in [-0.2, -0.15) is 0 Å². The van der Waals surface area contributed by atoms with E-state index in [9.17, 15) is 0 Å². The van der Waals surface area contributed by atoms with Crippen LogP contribution in [0, 0.1) is 6.92 Å². The Morgan fingerprint density at radius 3 is 2.66 bits per heavy atom. The van der Waals surface area contributed by atoms with E-state index >= 15 is 0 Å². The van der Waals surface area contributed by atoms with Crippen LogP contribution < -0.4 is 20.1 Å². The third-order valence-corrected chi connectivity index (χ3v) is 6.55. The zero-order valence-corrected chi connectivity index (χ0v) is 21.1. The largest absolute Gasteiger partial charge is 0.438 e. The summed E-state index contributed by atoms with van der Waals surface area (Å²) in [5.41, 5.74) is 2.52. The van der Waals surface area contributed by atoms with Gasteiger partial charge in [-0.3, -0.25) is 0 Å². The summed E-state index contributed by atoms with van der Waals surface area (Å²) in [5, 5.41) is 8.71. The predicted octanol–water partition coefficient (Wildman–Crippen LogP) is 6.14. The van der Waals surface area contributed by atoms with Crippen molar-refractivity contribution in [3.63, 3.8) is 0 Å². The molecule has 4 heterocycles. The van der Waals surface area contributed by atoms with Gasteiger partial charge in [0.1, 0.15) is 11.5 Å². The molecule has 1 saturated heterocycles. The molecule has 0 bridgehead atoms. The fourth-order valence-electron chi connectivity index (χ4n) is 4.65. The Morgan fingerprint density at radius 1 is 0.842 bits per heavy atom. The van der Waals surface area contributed by atoms with Gasteiger partial charge in [0.2, 0.25) is 17.7 Å². The maximum absolute atomic E-state index is 6.53. The summed E-state index contributed by atoms with van der Waals surface area (Å²) >= 11 is 0. The number of nitrogens with zero attached hydrogens (tertiary/aromatic N) is 4. The van der Waals surface area contributed by atoms with Gasteiger partial charge in [0.25, 0.3) is 0 Å². The number of nitrogens with one attached hydrogen (secondary N) is 2. The van der Waals surface area contributed by atoms with Gasteiger partial charge < -0.3 is 20.1 Å². The first-order valence-electron chi connectivity index (χ1n) is 12.8. The molecule has 1 aliphatic rings. The third-order valence-electron chi connectivity index (χ3n) is 6.55. The lowest BCUT2D eigenvalue weighted by atomic mass is 10.0. The lowest BCUT2D eigenvalue weighted by Crippen LogP contribution is -2.38. The monoisotopic (exact) mass is 504 g/mol. The summed E-state index contributed by atoms with van der Waals surface area (Å²) in [7, 11) is 0. The standard InChI is InChI=1S/C30H28N6O2/c1-20-12-13-22-23(8-4-10-26(22)37-27-11-2-3-16-32-27)28(20)38-29-24(9-6-17-33-29)25-14-18-34-30(36-25)35-21-7-5-15-31-19-21/h2-4,6,8-14,16-18,21,31H,5,7,15,19H2,1H3,(H,34,35,36). The molecule has 1 fully saturated rings. The minimum absolute atomic E-state index is 0.310. The highest BCUT2D eigenvalue weighted by Gasteiger charge is 2.17. The number of pyridine rings is 2. The normalized spacial score (nSPS) is 15.2. The van der Waals surface area contributed by atoms with Gasteiger partial charge >= 0.3 is 0 Å². The van der Waals surface area contributed by atoms with Crippen molar-refractivity contribution in [1.82, 2.24) is 25.3 Å². The number of benzene rings is 2. The summed E-state index contributed by atoms with van der Waals surface area (Å²) in [5.74, 6) is 3.03. The minimum atomic E-state index is 0.310. The van der Waals surface area contributed by atoms with Gasteiger partial charge in [-0.05, 0) is 62.2 Å². The first-order chi connectivity index (χ1) is 18.7. The van der Waals surface area contributed by atoms with Crippen LogP contribution in [-0.2, 0) is 0 Å². The van der Waals surface area contributed by atoms with E-state index in [-0.39, 0.29) is 0 Å². The summed E-state index contributed by atoms with van der Waals surface area (Å²) in [6.07, 6.45) is 7.43. The lowest BCUT2D eigenvalue weighted by Gasteiger charge is -2.23. The van der Waals surface area contributed by atoms with Gasteiger partial charge in [0, 0.05) is 48.0 Å². The fraction of sp³-hybridized carbons (Fsp3) is 0.200. The summed E-state index contributed by atoms with van der Waals surface area (Å²) < 4.78 is 12.6. The van der Waals surface area contributed by atoms with E-state index in [1.165, 1.54) is 0 Å². The SMILES string of the molecule is Cc1ccc2c(Oc3ccccn3)cccc2c1Oc1ncccc1-c1ccnc(NC2CCCNC2)n1. The minimum Gasteiger partial charge on any atom is -0.438 e. The van der Waals surface area contributed by atoms with E-state index in [4.69, 9.17) is 14.5 Å². The molecule has 6 rings (SSSR count). The van der Waals surface area contributed by atoms with Crippen molar-refractivity contribution in [3.05, 3.63) is 90.9 Å². The molecule has 1 atom stereocenters. The molecule has 0 aliphatic carbocycles. The number of anilines is 1. The molecule has 0 spiro atoms. The fourth-order valence-corrected chi connectivity index (χ4v) is 4.65. The number of hydrogen-bond acceptors (Lipinski definition) is 8. The molecule has 190 valence electrons. The molecule has 3 aromatic heterocycles. The van der Waals surface area contributed by atoms with Gasteiger partial charge in [-0.25, -0.2) is 19.9 Å². The first kappa shape index (κ1) is 23.8. The second-order valence-corrected chi connectivity index (χ2v) is 9.24. The molecule has 0 saturated carbocycles. The molecule has 5 aromatic rings. The van der Waals surface area contributed by atoms with Crippen LogP contribution in [0.15, 0.2) is 85.3 Å². The number of rotatable bonds is 7. The van der Waals surface area contributed by atoms with Crippen LogP contribution >= 0.6 is 0 Å². The van der Waals surface area contributed by atoms with Gasteiger partial charge in [-0.15, -0.1) is 0 Å².